The van der Waals surface area contributed by atoms with Gasteiger partial charge in [-0.25, -0.2) is 4.79 Å². The molecule has 188 valence electrons. The van der Waals surface area contributed by atoms with Gasteiger partial charge in [0, 0.05) is 31.0 Å². The molecule has 1 atom stereocenters. The molecule has 3 aromatic rings. The van der Waals surface area contributed by atoms with Gasteiger partial charge in [0.15, 0.2) is 5.58 Å². The minimum Gasteiger partial charge on any atom is -0.408 e. The molecule has 7 heteroatoms. The van der Waals surface area contributed by atoms with Gasteiger partial charge in [0.2, 0.25) is 11.8 Å². The highest BCUT2D eigenvalue weighted by Crippen LogP contribution is 2.59. The number of piperidine rings is 1. The molecule has 2 saturated carbocycles. The number of nitrogens with zero attached hydrogens (tertiary/aromatic N) is 2. The van der Waals surface area contributed by atoms with Crippen LogP contribution >= 0.6 is 0 Å². The van der Waals surface area contributed by atoms with Gasteiger partial charge in [0.1, 0.15) is 6.54 Å². The first-order chi connectivity index (χ1) is 17.5. The number of carbonyl (C=O) groups excluding carboxylic acids is 2. The largest absolute Gasteiger partial charge is 0.420 e. The van der Waals surface area contributed by atoms with Gasteiger partial charge < -0.3 is 14.6 Å². The van der Waals surface area contributed by atoms with Gasteiger partial charge in [-0.2, -0.15) is 0 Å². The van der Waals surface area contributed by atoms with Crippen molar-refractivity contribution in [2.75, 3.05) is 19.6 Å². The maximum absolute atomic E-state index is 13.2. The van der Waals surface area contributed by atoms with Crippen LogP contribution in [0.3, 0.4) is 0 Å². The number of hydrogen-bond donors (Lipinski definition) is 1. The van der Waals surface area contributed by atoms with Crippen molar-refractivity contribution < 1.29 is 14.0 Å². The van der Waals surface area contributed by atoms with E-state index in [-0.39, 0.29) is 35.1 Å². The number of carbonyl (C=O) groups is 2. The maximum Gasteiger partial charge on any atom is 0.420 e. The number of oxazole rings is 1. The van der Waals surface area contributed by atoms with E-state index in [1.165, 1.54) is 23.0 Å². The lowest BCUT2D eigenvalue weighted by Crippen LogP contribution is -2.43. The van der Waals surface area contributed by atoms with E-state index in [4.69, 9.17) is 4.42 Å². The van der Waals surface area contributed by atoms with E-state index in [0.717, 1.165) is 32.1 Å². The highest BCUT2D eigenvalue weighted by molar-refractivity contribution is 5.83. The molecule has 1 spiro atoms. The van der Waals surface area contributed by atoms with Crippen LogP contribution in [-0.4, -0.2) is 40.9 Å². The number of hydrogen-bond acceptors (Lipinski definition) is 4. The topological polar surface area (TPSA) is 84.5 Å². The molecule has 3 aliphatic rings. The molecular weight excluding hydrogens is 454 g/mol. The second kappa shape index (κ2) is 8.95. The Balaban J connectivity index is 1.04. The lowest BCUT2D eigenvalue weighted by atomic mass is 9.78. The third kappa shape index (κ3) is 4.04. The second-order valence-corrected chi connectivity index (χ2v) is 11.0. The van der Waals surface area contributed by atoms with E-state index in [1.54, 1.807) is 18.2 Å². The van der Waals surface area contributed by atoms with Crippen LogP contribution in [0.5, 0.6) is 0 Å². The third-order valence-electron chi connectivity index (χ3n) is 9.03. The molecule has 1 saturated heterocycles. The van der Waals surface area contributed by atoms with Crippen molar-refractivity contribution in [1.29, 1.82) is 0 Å². The molecule has 0 radical (unpaired) electrons. The summed E-state index contributed by atoms with van der Waals surface area (Å²) in [4.78, 5) is 40.2. The number of aromatic nitrogens is 1. The van der Waals surface area contributed by atoms with Crippen LogP contribution in [-0.2, 0) is 21.5 Å². The predicted molar refractivity (Wildman–Crippen MR) is 136 cm³/mol. The standard InChI is InChI=1S/C29H33N3O4/c33-25(19-32-23-10-4-5-11-24(23)36-27(32)35)31-16-14-28(15-17-31)18-22(28)26(34)30-20-29(12-6-7-13-29)21-8-2-1-3-9-21/h1-5,8-11,22H,6-7,12-20H2,(H,30,34). The van der Waals surface area contributed by atoms with Crippen LogP contribution in [0.25, 0.3) is 11.1 Å². The molecule has 2 heterocycles. The van der Waals surface area contributed by atoms with Gasteiger partial charge in [-0.05, 0) is 55.2 Å². The molecule has 36 heavy (non-hydrogen) atoms. The average Bonchev–Trinajstić information content (AvgIpc) is 3.23. The SMILES string of the molecule is O=C(NCC1(c2ccccc2)CCCC1)C1CC12CCN(C(=O)Cn1c(=O)oc3ccccc31)CC2. The minimum absolute atomic E-state index is 0.0195. The molecule has 6 rings (SSSR count). The quantitative estimate of drug-likeness (QED) is 0.572. The fourth-order valence-electron chi connectivity index (χ4n) is 6.66. The van der Waals surface area contributed by atoms with Crippen LogP contribution < -0.4 is 11.1 Å². The van der Waals surface area contributed by atoms with Crippen molar-refractivity contribution >= 4 is 22.9 Å². The van der Waals surface area contributed by atoms with Gasteiger partial charge in [0.25, 0.3) is 0 Å². The van der Waals surface area contributed by atoms with Gasteiger partial charge in [0.05, 0.1) is 5.52 Å². The van der Waals surface area contributed by atoms with Crippen molar-refractivity contribution in [3.63, 3.8) is 0 Å². The Kier molecular flexibility index (Phi) is 5.73. The lowest BCUT2D eigenvalue weighted by molar-refractivity contribution is -0.133. The molecule has 1 aliphatic heterocycles. The van der Waals surface area contributed by atoms with E-state index in [2.05, 4.69) is 29.6 Å². The fraction of sp³-hybridized carbons (Fsp3) is 0.483. The summed E-state index contributed by atoms with van der Waals surface area (Å²) < 4.78 is 6.66. The Morgan fingerprint density at radius 1 is 0.944 bits per heavy atom. The molecule has 2 aliphatic carbocycles. The Morgan fingerprint density at radius 3 is 2.39 bits per heavy atom. The van der Waals surface area contributed by atoms with E-state index < -0.39 is 5.76 Å². The molecule has 7 nitrogen and oxygen atoms in total. The molecule has 2 aromatic carbocycles. The number of benzene rings is 2. The molecular formula is C29H33N3O4. The zero-order chi connectivity index (χ0) is 24.8. The Bertz CT molecular complexity index is 1330. The highest BCUT2D eigenvalue weighted by Gasteiger charge is 2.58. The van der Waals surface area contributed by atoms with Crippen molar-refractivity contribution in [2.45, 2.75) is 56.9 Å². The maximum atomic E-state index is 13.2. The van der Waals surface area contributed by atoms with E-state index >= 15 is 0 Å². The average molecular weight is 488 g/mol. The summed E-state index contributed by atoms with van der Waals surface area (Å²) in [5.41, 5.74) is 2.55. The summed E-state index contributed by atoms with van der Waals surface area (Å²) in [5, 5.41) is 3.32. The molecule has 0 bridgehead atoms. The van der Waals surface area contributed by atoms with E-state index in [0.29, 0.717) is 30.7 Å². The molecule has 1 unspecified atom stereocenters. The Hall–Kier alpha value is -3.35. The van der Waals surface area contributed by atoms with Crippen LogP contribution in [0.4, 0.5) is 0 Å². The summed E-state index contributed by atoms with van der Waals surface area (Å²) >= 11 is 0. The number of para-hydroxylation sites is 2. The minimum atomic E-state index is -0.507. The molecule has 1 N–H and O–H groups in total. The number of nitrogens with one attached hydrogen (secondary N) is 1. The van der Waals surface area contributed by atoms with Crippen LogP contribution in [0.2, 0.25) is 0 Å². The van der Waals surface area contributed by atoms with Gasteiger partial charge in [-0.3, -0.25) is 14.2 Å². The summed E-state index contributed by atoms with van der Waals surface area (Å²) in [6, 6.07) is 17.8. The Morgan fingerprint density at radius 2 is 1.64 bits per heavy atom. The van der Waals surface area contributed by atoms with E-state index in [1.807, 2.05) is 17.0 Å². The smallest absolute Gasteiger partial charge is 0.408 e. The van der Waals surface area contributed by atoms with Crippen LogP contribution in [0.15, 0.2) is 63.8 Å². The Labute approximate surface area is 210 Å². The summed E-state index contributed by atoms with van der Waals surface area (Å²) in [6.07, 6.45) is 7.25. The molecule has 3 fully saturated rings. The first-order valence-electron chi connectivity index (χ1n) is 13.2. The lowest BCUT2D eigenvalue weighted by Gasteiger charge is -2.33. The van der Waals surface area contributed by atoms with E-state index in [9.17, 15) is 14.4 Å². The summed E-state index contributed by atoms with van der Waals surface area (Å²) in [7, 11) is 0. The van der Waals surface area contributed by atoms with Gasteiger partial charge in [-0.15, -0.1) is 0 Å². The first-order valence-corrected chi connectivity index (χ1v) is 13.2. The van der Waals surface area contributed by atoms with Crippen molar-refractivity contribution in [3.05, 3.63) is 70.7 Å². The summed E-state index contributed by atoms with van der Waals surface area (Å²) in [6.45, 7) is 1.94. The predicted octanol–water partition coefficient (Wildman–Crippen LogP) is 3.85. The number of rotatable bonds is 6. The monoisotopic (exact) mass is 487 g/mol. The first kappa shape index (κ1) is 23.1. The second-order valence-electron chi connectivity index (χ2n) is 11.0. The zero-order valence-electron chi connectivity index (χ0n) is 20.6. The molecule has 1 aromatic heterocycles. The number of amides is 2. The van der Waals surface area contributed by atoms with Crippen molar-refractivity contribution in [1.82, 2.24) is 14.8 Å². The van der Waals surface area contributed by atoms with Crippen molar-refractivity contribution in [2.24, 2.45) is 11.3 Å². The normalized spacial score (nSPS) is 22.1. The zero-order valence-corrected chi connectivity index (χ0v) is 20.6. The number of likely N-dealkylation sites (tertiary alicyclic amines) is 1. The third-order valence-corrected chi connectivity index (χ3v) is 9.03. The van der Waals surface area contributed by atoms with Crippen LogP contribution in [0.1, 0.15) is 50.5 Å². The van der Waals surface area contributed by atoms with Gasteiger partial charge >= 0.3 is 5.76 Å². The highest BCUT2D eigenvalue weighted by atomic mass is 16.4. The fourth-order valence-corrected chi connectivity index (χ4v) is 6.66. The van der Waals surface area contributed by atoms with Crippen LogP contribution in [0, 0.1) is 11.3 Å². The van der Waals surface area contributed by atoms with Gasteiger partial charge in [-0.1, -0.05) is 55.3 Å². The number of fused-ring (bicyclic) bond motifs is 1. The van der Waals surface area contributed by atoms with Crippen molar-refractivity contribution in [3.8, 4) is 0 Å². The molecule has 2 amide bonds. The summed E-state index contributed by atoms with van der Waals surface area (Å²) in [5.74, 6) is -0.364.